The maximum absolute atomic E-state index is 13.6. The van der Waals surface area contributed by atoms with Crippen LogP contribution in [-0.2, 0) is 0 Å². The lowest BCUT2D eigenvalue weighted by atomic mass is 9.99. The average molecular weight is 481 g/mol. The number of aromatic nitrogens is 2. The Labute approximate surface area is 212 Å². The molecule has 0 saturated heterocycles. The molecule has 1 fully saturated rings. The molecule has 3 aromatic carbocycles. The number of allylic oxidation sites excluding steroid dienone is 1. The molecule has 0 spiro atoms. The van der Waals surface area contributed by atoms with Crippen molar-refractivity contribution in [2.24, 2.45) is 0 Å². The van der Waals surface area contributed by atoms with Gasteiger partial charge in [-0.15, -0.1) is 0 Å². The third-order valence-electron chi connectivity index (χ3n) is 6.89. The van der Waals surface area contributed by atoms with Crippen LogP contribution in [0.3, 0.4) is 0 Å². The Morgan fingerprint density at radius 2 is 1.53 bits per heavy atom. The third-order valence-corrected chi connectivity index (χ3v) is 6.89. The van der Waals surface area contributed by atoms with Crippen molar-refractivity contribution in [1.29, 1.82) is 0 Å². The van der Waals surface area contributed by atoms with Gasteiger partial charge in [-0.1, -0.05) is 66.7 Å². The highest BCUT2D eigenvalue weighted by Crippen LogP contribution is 2.34. The zero-order chi connectivity index (χ0) is 24.9. The summed E-state index contributed by atoms with van der Waals surface area (Å²) in [5.74, 6) is 1.49. The molecule has 0 N–H and O–H groups in total. The van der Waals surface area contributed by atoms with E-state index in [1.165, 1.54) is 12.8 Å². The quantitative estimate of drug-likeness (QED) is 0.284. The summed E-state index contributed by atoms with van der Waals surface area (Å²) in [5.41, 5.74) is 3.99. The Hall–Kier alpha value is -3.99. The molecular formula is C31H32N2O3. The van der Waals surface area contributed by atoms with Crippen molar-refractivity contribution < 1.29 is 9.47 Å². The van der Waals surface area contributed by atoms with Gasteiger partial charge in [0.05, 0.1) is 19.3 Å². The van der Waals surface area contributed by atoms with E-state index in [2.05, 4.69) is 24.3 Å². The second-order valence-electron chi connectivity index (χ2n) is 9.32. The molecule has 1 aliphatic rings. The Balaban J connectivity index is 1.48. The van der Waals surface area contributed by atoms with Crippen LogP contribution in [0, 0.1) is 0 Å². The largest absolute Gasteiger partial charge is 0.493 e. The molecule has 0 amide bonds. The van der Waals surface area contributed by atoms with Crippen molar-refractivity contribution in [3.8, 4) is 11.5 Å². The Morgan fingerprint density at radius 1 is 0.889 bits per heavy atom. The maximum Gasteiger partial charge on any atom is 0.333 e. The Kier molecular flexibility index (Phi) is 7.08. The van der Waals surface area contributed by atoms with Gasteiger partial charge in [0.1, 0.15) is 0 Å². The molecular weight excluding hydrogens is 448 g/mol. The molecule has 1 aliphatic carbocycles. The molecule has 0 radical (unpaired) electrons. The van der Waals surface area contributed by atoms with E-state index in [1.807, 2.05) is 80.1 Å². The highest BCUT2D eigenvalue weighted by molar-refractivity contribution is 5.75. The van der Waals surface area contributed by atoms with Gasteiger partial charge in [0.2, 0.25) is 0 Å². The molecule has 1 heterocycles. The number of imidazole rings is 1. The van der Waals surface area contributed by atoms with E-state index in [1.54, 1.807) is 16.2 Å². The summed E-state index contributed by atoms with van der Waals surface area (Å²) in [6.07, 6.45) is 10.4. The van der Waals surface area contributed by atoms with Crippen molar-refractivity contribution in [2.75, 3.05) is 7.11 Å². The fourth-order valence-corrected chi connectivity index (χ4v) is 4.97. The molecule has 1 aromatic heterocycles. The lowest BCUT2D eigenvalue weighted by Crippen LogP contribution is -2.26. The van der Waals surface area contributed by atoms with Gasteiger partial charge < -0.3 is 9.47 Å². The number of hydrogen-bond acceptors (Lipinski definition) is 3. The van der Waals surface area contributed by atoms with Crippen molar-refractivity contribution in [3.63, 3.8) is 0 Å². The second kappa shape index (κ2) is 10.7. The average Bonchev–Trinajstić information content (AvgIpc) is 3.56. The second-order valence-corrected chi connectivity index (χ2v) is 9.32. The zero-order valence-corrected chi connectivity index (χ0v) is 20.8. The predicted molar refractivity (Wildman–Crippen MR) is 145 cm³/mol. The van der Waals surface area contributed by atoms with E-state index in [4.69, 9.17) is 9.47 Å². The van der Waals surface area contributed by atoms with Crippen LogP contribution in [0.5, 0.6) is 11.5 Å². The first-order valence-corrected chi connectivity index (χ1v) is 12.6. The Morgan fingerprint density at radius 3 is 2.14 bits per heavy atom. The summed E-state index contributed by atoms with van der Waals surface area (Å²) in [5, 5.41) is 0. The van der Waals surface area contributed by atoms with Crippen LogP contribution >= 0.6 is 0 Å². The van der Waals surface area contributed by atoms with Crippen molar-refractivity contribution in [1.82, 2.24) is 9.13 Å². The van der Waals surface area contributed by atoms with Crippen LogP contribution in [0.4, 0.5) is 0 Å². The summed E-state index contributed by atoms with van der Waals surface area (Å²) < 4.78 is 15.2. The molecule has 4 aromatic rings. The first-order valence-electron chi connectivity index (χ1n) is 12.6. The fraction of sp³-hybridized carbons (Fsp3) is 0.258. The van der Waals surface area contributed by atoms with E-state index in [9.17, 15) is 4.79 Å². The first-order chi connectivity index (χ1) is 17.6. The van der Waals surface area contributed by atoms with Crippen molar-refractivity contribution in [2.45, 2.75) is 44.8 Å². The lowest BCUT2D eigenvalue weighted by molar-refractivity contribution is 0.201. The fourth-order valence-electron chi connectivity index (χ4n) is 4.97. The van der Waals surface area contributed by atoms with Crippen LogP contribution in [0.1, 0.15) is 55.3 Å². The zero-order valence-electron chi connectivity index (χ0n) is 20.8. The molecule has 5 nitrogen and oxygen atoms in total. The predicted octanol–water partition coefficient (Wildman–Crippen LogP) is 6.64. The van der Waals surface area contributed by atoms with Gasteiger partial charge in [-0.2, -0.15) is 0 Å². The maximum atomic E-state index is 13.6. The molecule has 36 heavy (non-hydrogen) atoms. The minimum absolute atomic E-state index is 0.0944. The van der Waals surface area contributed by atoms with E-state index < -0.39 is 0 Å². The summed E-state index contributed by atoms with van der Waals surface area (Å²) in [4.78, 5) is 13.6. The summed E-state index contributed by atoms with van der Waals surface area (Å²) in [6, 6.07) is 26.0. The van der Waals surface area contributed by atoms with Gasteiger partial charge in [0.15, 0.2) is 11.5 Å². The summed E-state index contributed by atoms with van der Waals surface area (Å²) >= 11 is 0. The van der Waals surface area contributed by atoms with Crippen LogP contribution in [0.25, 0.3) is 11.8 Å². The van der Waals surface area contributed by atoms with E-state index in [0.717, 1.165) is 46.6 Å². The van der Waals surface area contributed by atoms with Crippen molar-refractivity contribution >= 4 is 11.8 Å². The van der Waals surface area contributed by atoms with Gasteiger partial charge in [-0.05, 0) is 67.0 Å². The normalized spacial score (nSPS) is 14.4. The molecule has 0 bridgehead atoms. The molecule has 184 valence electrons. The number of ether oxygens (including phenoxy) is 2. The number of nitrogens with zero attached hydrogens (tertiary/aromatic N) is 2. The van der Waals surface area contributed by atoms with Crippen LogP contribution < -0.4 is 15.2 Å². The molecule has 5 rings (SSSR count). The van der Waals surface area contributed by atoms with E-state index in [0.29, 0.717) is 0 Å². The standard InChI is InChI=1S/C31H32N2O3/c1-23(26-17-18-28(35-2)29(21-26)36-27-15-9-10-16-27)22-32-19-20-33(31(32)34)30(24-11-5-3-6-12-24)25-13-7-4-8-14-25/h3-8,11-14,17-22,27,30H,9-10,15-16H2,1-2H3/b23-22-. The molecule has 0 unspecified atom stereocenters. The van der Waals surface area contributed by atoms with Crippen LogP contribution in [-0.4, -0.2) is 22.3 Å². The number of hydrogen-bond donors (Lipinski definition) is 0. The van der Waals surface area contributed by atoms with Gasteiger partial charge >= 0.3 is 5.69 Å². The number of rotatable bonds is 8. The third kappa shape index (κ3) is 5.01. The summed E-state index contributed by atoms with van der Waals surface area (Å²) in [7, 11) is 1.66. The topological polar surface area (TPSA) is 45.4 Å². The van der Waals surface area contributed by atoms with Crippen molar-refractivity contribution in [3.05, 3.63) is 118 Å². The summed E-state index contributed by atoms with van der Waals surface area (Å²) in [6.45, 7) is 2.01. The van der Waals surface area contributed by atoms with Gasteiger partial charge in [-0.25, -0.2) is 4.79 Å². The minimum Gasteiger partial charge on any atom is -0.493 e. The first kappa shape index (κ1) is 23.7. The Bertz CT molecular complexity index is 1340. The van der Waals surface area contributed by atoms with Crippen LogP contribution in [0.15, 0.2) is 96.1 Å². The van der Waals surface area contributed by atoms with Gasteiger partial charge in [-0.3, -0.25) is 9.13 Å². The van der Waals surface area contributed by atoms with Gasteiger partial charge in [0.25, 0.3) is 0 Å². The molecule has 0 aliphatic heterocycles. The molecule has 1 saturated carbocycles. The number of methoxy groups -OCH3 is 1. The number of benzene rings is 3. The van der Waals surface area contributed by atoms with E-state index in [-0.39, 0.29) is 17.8 Å². The highest BCUT2D eigenvalue weighted by atomic mass is 16.5. The van der Waals surface area contributed by atoms with E-state index >= 15 is 0 Å². The molecule has 5 heteroatoms. The SMILES string of the molecule is COc1ccc(/C(C)=C\n2ccn(C(c3ccccc3)c3ccccc3)c2=O)cc1OC1CCCC1. The monoisotopic (exact) mass is 480 g/mol. The molecule has 0 atom stereocenters. The smallest absolute Gasteiger partial charge is 0.333 e. The van der Waals surface area contributed by atoms with Gasteiger partial charge in [0, 0.05) is 18.6 Å². The lowest BCUT2D eigenvalue weighted by Gasteiger charge is -2.19. The highest BCUT2D eigenvalue weighted by Gasteiger charge is 2.20. The minimum atomic E-state index is -0.206. The van der Waals surface area contributed by atoms with Crippen LogP contribution in [0.2, 0.25) is 0 Å².